The van der Waals surface area contributed by atoms with Crippen molar-refractivity contribution in [2.75, 3.05) is 6.61 Å². The number of hydrogen-bond acceptors (Lipinski definition) is 3. The fourth-order valence-corrected chi connectivity index (χ4v) is 3.35. The van der Waals surface area contributed by atoms with Crippen molar-refractivity contribution < 1.29 is 4.74 Å². The van der Waals surface area contributed by atoms with Gasteiger partial charge in [0.1, 0.15) is 0 Å². The first-order valence-corrected chi connectivity index (χ1v) is 5.81. The highest BCUT2D eigenvalue weighted by molar-refractivity contribution is 5.74. The molecular weight excluding hydrogens is 188 g/mol. The van der Waals surface area contributed by atoms with Gasteiger partial charge in [-0.15, -0.1) is 0 Å². The first kappa shape index (κ1) is 10.5. The van der Waals surface area contributed by atoms with Gasteiger partial charge >= 0.3 is 0 Å². The maximum Gasteiger partial charge on any atom is 0.181 e. The molecule has 0 heterocycles. The molecule has 82 valence electrons. The fourth-order valence-electron chi connectivity index (χ4n) is 3.35. The summed E-state index contributed by atoms with van der Waals surface area (Å²) in [6.45, 7) is 2.42. The second kappa shape index (κ2) is 3.84. The number of ether oxygens (including phenoxy) is 1. The predicted octanol–water partition coefficient (Wildman–Crippen LogP) is 2.72. The van der Waals surface area contributed by atoms with Crippen molar-refractivity contribution in [1.82, 2.24) is 0 Å². The van der Waals surface area contributed by atoms with E-state index in [1.807, 2.05) is 6.92 Å². The number of fused-ring (bicyclic) bond motifs is 2. The lowest BCUT2D eigenvalue weighted by atomic mass is 9.72. The highest BCUT2D eigenvalue weighted by atomic mass is 16.5. The molecule has 2 saturated carbocycles. The van der Waals surface area contributed by atoms with E-state index in [-0.39, 0.29) is 5.41 Å². The van der Waals surface area contributed by atoms with Crippen molar-refractivity contribution in [3.63, 3.8) is 0 Å². The molecule has 2 bridgehead atoms. The minimum absolute atomic E-state index is 0.269. The Morgan fingerprint density at radius 1 is 1.60 bits per heavy atom. The molecule has 0 aromatic rings. The maximum absolute atomic E-state index is 9.35. The Kier molecular flexibility index (Phi) is 2.68. The van der Waals surface area contributed by atoms with Crippen molar-refractivity contribution in [1.29, 1.82) is 10.7 Å². The Balaban J connectivity index is 2.04. The van der Waals surface area contributed by atoms with Crippen LogP contribution in [-0.2, 0) is 4.74 Å². The van der Waals surface area contributed by atoms with E-state index in [0.29, 0.717) is 24.8 Å². The molecule has 2 fully saturated rings. The largest absolute Gasteiger partial charge is 0.481 e. The van der Waals surface area contributed by atoms with Crippen LogP contribution in [0.2, 0.25) is 0 Å². The van der Waals surface area contributed by atoms with Gasteiger partial charge in [-0.2, -0.15) is 5.26 Å². The molecule has 15 heavy (non-hydrogen) atoms. The van der Waals surface area contributed by atoms with Gasteiger partial charge in [-0.05, 0) is 38.0 Å². The molecule has 3 unspecified atom stereocenters. The molecule has 0 saturated heterocycles. The monoisotopic (exact) mass is 206 g/mol. The van der Waals surface area contributed by atoms with Crippen LogP contribution in [0.3, 0.4) is 0 Å². The van der Waals surface area contributed by atoms with E-state index in [4.69, 9.17) is 10.1 Å². The van der Waals surface area contributed by atoms with Crippen molar-refractivity contribution >= 4 is 5.90 Å². The summed E-state index contributed by atoms with van der Waals surface area (Å²) in [7, 11) is 0. The van der Waals surface area contributed by atoms with Gasteiger partial charge in [0.15, 0.2) is 5.90 Å². The van der Waals surface area contributed by atoms with Gasteiger partial charge in [0.25, 0.3) is 0 Å². The van der Waals surface area contributed by atoms with Crippen molar-refractivity contribution in [3.05, 3.63) is 0 Å². The number of nitrogens with one attached hydrogen (secondary N) is 1. The topological polar surface area (TPSA) is 56.9 Å². The van der Waals surface area contributed by atoms with Gasteiger partial charge < -0.3 is 4.74 Å². The third-order valence-corrected chi connectivity index (χ3v) is 3.99. The molecule has 2 aliphatic carbocycles. The molecular formula is C12H18N2O. The van der Waals surface area contributed by atoms with E-state index in [9.17, 15) is 5.26 Å². The number of hydrogen-bond donors (Lipinski definition) is 1. The lowest BCUT2D eigenvalue weighted by Crippen LogP contribution is -2.29. The van der Waals surface area contributed by atoms with Crippen LogP contribution < -0.4 is 0 Å². The van der Waals surface area contributed by atoms with E-state index >= 15 is 0 Å². The highest BCUT2D eigenvalue weighted by Gasteiger charge is 2.51. The first-order chi connectivity index (χ1) is 7.20. The predicted molar refractivity (Wildman–Crippen MR) is 57.5 cm³/mol. The lowest BCUT2D eigenvalue weighted by Gasteiger charge is -2.30. The second-order valence-corrected chi connectivity index (χ2v) is 4.88. The summed E-state index contributed by atoms with van der Waals surface area (Å²) in [4.78, 5) is 0. The second-order valence-electron chi connectivity index (χ2n) is 4.88. The summed E-state index contributed by atoms with van der Waals surface area (Å²) in [6.07, 6.45) is 5.18. The number of rotatable bonds is 3. The molecule has 0 amide bonds. The average molecular weight is 206 g/mol. The summed E-state index contributed by atoms with van der Waals surface area (Å²) in [5.74, 6) is 1.56. The van der Waals surface area contributed by atoms with E-state index in [1.54, 1.807) is 0 Å². The Labute approximate surface area is 90.9 Å². The van der Waals surface area contributed by atoms with Crippen molar-refractivity contribution in [2.45, 2.75) is 39.0 Å². The summed E-state index contributed by atoms with van der Waals surface area (Å²) in [5.41, 5.74) is -0.269. The van der Waals surface area contributed by atoms with E-state index in [0.717, 1.165) is 12.3 Å². The molecule has 3 heteroatoms. The maximum atomic E-state index is 9.35. The molecule has 0 radical (unpaired) electrons. The van der Waals surface area contributed by atoms with Gasteiger partial charge in [-0.1, -0.05) is 6.42 Å². The Morgan fingerprint density at radius 2 is 2.40 bits per heavy atom. The minimum atomic E-state index is -0.269. The Hall–Kier alpha value is -1.04. The lowest BCUT2D eigenvalue weighted by molar-refractivity contribution is 0.222. The molecule has 2 rings (SSSR count). The van der Waals surface area contributed by atoms with Crippen LogP contribution in [-0.4, -0.2) is 12.5 Å². The molecule has 3 atom stereocenters. The van der Waals surface area contributed by atoms with Gasteiger partial charge in [0, 0.05) is 6.42 Å². The first-order valence-electron chi connectivity index (χ1n) is 5.81. The van der Waals surface area contributed by atoms with Gasteiger partial charge in [-0.25, -0.2) is 0 Å². The van der Waals surface area contributed by atoms with Crippen LogP contribution in [0.4, 0.5) is 0 Å². The zero-order chi connectivity index (χ0) is 10.9. The summed E-state index contributed by atoms with van der Waals surface area (Å²) >= 11 is 0. The van der Waals surface area contributed by atoms with Crippen LogP contribution >= 0.6 is 0 Å². The minimum Gasteiger partial charge on any atom is -0.481 e. The Morgan fingerprint density at radius 3 is 2.87 bits per heavy atom. The van der Waals surface area contributed by atoms with Crippen LogP contribution in [0.1, 0.15) is 39.0 Å². The molecule has 2 aliphatic rings. The quantitative estimate of drug-likeness (QED) is 0.570. The summed E-state index contributed by atoms with van der Waals surface area (Å²) in [5, 5.41) is 17.0. The molecule has 0 spiro atoms. The summed E-state index contributed by atoms with van der Waals surface area (Å²) in [6, 6.07) is 2.48. The standard InChI is InChI=1S/C12H18N2O/c1-2-15-11(14)7-12(8-13)6-9-3-4-10(12)5-9/h9-10,14H,2-7H2,1H3. The van der Waals surface area contributed by atoms with Gasteiger partial charge in [-0.3, -0.25) is 5.41 Å². The van der Waals surface area contributed by atoms with Gasteiger partial charge in [0.05, 0.1) is 18.1 Å². The number of nitriles is 1. The molecule has 1 N–H and O–H groups in total. The van der Waals surface area contributed by atoms with Crippen molar-refractivity contribution in [3.8, 4) is 6.07 Å². The van der Waals surface area contributed by atoms with E-state index in [2.05, 4.69) is 6.07 Å². The Bertz CT molecular complexity index is 307. The van der Waals surface area contributed by atoms with Crippen molar-refractivity contribution in [2.24, 2.45) is 17.3 Å². The molecule has 0 aromatic heterocycles. The molecule has 0 aliphatic heterocycles. The van der Waals surface area contributed by atoms with Gasteiger partial charge in [0.2, 0.25) is 0 Å². The normalized spacial score (nSPS) is 37.6. The molecule has 3 nitrogen and oxygen atoms in total. The van der Waals surface area contributed by atoms with E-state index in [1.165, 1.54) is 19.3 Å². The third kappa shape index (κ3) is 1.73. The SMILES string of the molecule is CCOC(=N)CC1(C#N)CC2CCC1C2. The highest BCUT2D eigenvalue weighted by Crippen LogP contribution is 2.57. The average Bonchev–Trinajstić information content (AvgIpc) is 2.78. The number of nitrogens with zero attached hydrogens (tertiary/aromatic N) is 1. The zero-order valence-corrected chi connectivity index (χ0v) is 9.25. The molecule has 0 aromatic carbocycles. The van der Waals surface area contributed by atoms with E-state index < -0.39 is 0 Å². The van der Waals surface area contributed by atoms with Crippen LogP contribution in [0.15, 0.2) is 0 Å². The third-order valence-electron chi connectivity index (χ3n) is 3.99. The smallest absolute Gasteiger partial charge is 0.181 e. The fraction of sp³-hybridized carbons (Fsp3) is 0.833. The van der Waals surface area contributed by atoms with Crippen LogP contribution in [0, 0.1) is 34.0 Å². The zero-order valence-electron chi connectivity index (χ0n) is 9.25. The summed E-state index contributed by atoms with van der Waals surface area (Å²) < 4.78 is 5.17. The van der Waals surface area contributed by atoms with Crippen LogP contribution in [0.5, 0.6) is 0 Å². The van der Waals surface area contributed by atoms with Crippen LogP contribution in [0.25, 0.3) is 0 Å².